The molecule has 0 fully saturated rings. The summed E-state index contributed by atoms with van der Waals surface area (Å²) < 4.78 is 0. The topological polar surface area (TPSA) is 0 Å². The molecule has 1 heteroatoms. The summed E-state index contributed by atoms with van der Waals surface area (Å²) in [5.74, 6) is 0. The van der Waals surface area contributed by atoms with Crippen LogP contribution in [0.5, 0.6) is 0 Å². The van der Waals surface area contributed by atoms with Gasteiger partial charge in [0.1, 0.15) is 0 Å². The first-order valence-corrected chi connectivity index (χ1v) is 4.16. The molecule has 0 nitrogen and oxygen atoms in total. The number of rotatable bonds is 0. The van der Waals surface area contributed by atoms with E-state index in [9.17, 15) is 0 Å². The normalized spacial score (nSPS) is 10.5. The van der Waals surface area contributed by atoms with E-state index < -0.39 is 0 Å². The summed E-state index contributed by atoms with van der Waals surface area (Å²) in [6.07, 6.45) is 0. The second-order valence-corrected chi connectivity index (χ2v) is 3.16. The number of hydrogen-bond acceptors (Lipinski definition) is 0. The Morgan fingerprint density at radius 1 is 1.00 bits per heavy atom. The predicted octanol–water partition coefficient (Wildman–Crippen LogP) is 3.68. The van der Waals surface area contributed by atoms with Gasteiger partial charge in [-0.25, -0.2) is 0 Å². The maximum absolute atomic E-state index is 6.02. The fourth-order valence-electron chi connectivity index (χ4n) is 1.37. The Morgan fingerprint density at radius 3 is 2.33 bits per heavy atom. The quantitative estimate of drug-likeness (QED) is 0.573. The van der Waals surface area contributed by atoms with Crippen molar-refractivity contribution in [1.29, 1.82) is 0 Å². The molecule has 12 heavy (non-hydrogen) atoms. The van der Waals surface area contributed by atoms with E-state index in [1.165, 1.54) is 0 Å². The molecule has 1 radical (unpaired) electrons. The van der Waals surface area contributed by atoms with Crippen LogP contribution in [0.4, 0.5) is 0 Å². The molecule has 0 bridgehead atoms. The third-order valence-electron chi connectivity index (χ3n) is 1.94. The molecule has 0 aliphatic heterocycles. The second-order valence-electron chi connectivity index (χ2n) is 2.76. The average molecular weight is 176 g/mol. The molecule has 0 saturated carbocycles. The lowest BCUT2D eigenvalue weighted by Gasteiger charge is -2.02. The molecule has 0 aliphatic rings. The Kier molecular flexibility index (Phi) is 1.78. The lowest BCUT2D eigenvalue weighted by Crippen LogP contribution is -1.78. The van der Waals surface area contributed by atoms with Gasteiger partial charge < -0.3 is 0 Å². The van der Waals surface area contributed by atoms with Gasteiger partial charge in [0.25, 0.3) is 0 Å². The van der Waals surface area contributed by atoms with Crippen molar-refractivity contribution >= 4 is 22.4 Å². The Balaban J connectivity index is 2.96. The molecular formula is C11H8Cl. The standard InChI is InChI=1S/C11H8Cl/c1-8-4-2-5-9-6-3-7-10(12)11(8)9/h2-7H,1H2. The highest BCUT2D eigenvalue weighted by molar-refractivity contribution is 6.35. The number of fused-ring (bicyclic) bond motifs is 1. The molecule has 2 aromatic rings. The zero-order valence-corrected chi connectivity index (χ0v) is 7.31. The highest BCUT2D eigenvalue weighted by Gasteiger charge is 1.99. The van der Waals surface area contributed by atoms with Gasteiger partial charge in [-0.3, -0.25) is 0 Å². The van der Waals surface area contributed by atoms with Gasteiger partial charge in [-0.2, -0.15) is 0 Å². The van der Waals surface area contributed by atoms with E-state index in [0.29, 0.717) is 0 Å². The van der Waals surface area contributed by atoms with Gasteiger partial charge in [0.15, 0.2) is 0 Å². The van der Waals surface area contributed by atoms with Gasteiger partial charge in [0.05, 0.1) is 0 Å². The molecule has 0 atom stereocenters. The molecule has 0 amide bonds. The van der Waals surface area contributed by atoms with Crippen LogP contribution in [0.2, 0.25) is 5.02 Å². The Hall–Kier alpha value is -1.01. The zero-order chi connectivity index (χ0) is 8.55. The minimum absolute atomic E-state index is 0.776. The van der Waals surface area contributed by atoms with Crippen LogP contribution in [0.1, 0.15) is 5.56 Å². The Bertz CT molecular complexity index is 382. The van der Waals surface area contributed by atoms with Gasteiger partial charge in [0, 0.05) is 10.4 Å². The van der Waals surface area contributed by atoms with E-state index in [2.05, 4.69) is 6.92 Å². The summed E-state index contributed by atoms with van der Waals surface area (Å²) in [6.45, 7) is 3.93. The summed E-state index contributed by atoms with van der Waals surface area (Å²) in [6, 6.07) is 11.9. The molecule has 0 saturated heterocycles. The van der Waals surface area contributed by atoms with E-state index in [-0.39, 0.29) is 0 Å². The van der Waals surface area contributed by atoms with Gasteiger partial charge in [-0.05, 0) is 23.9 Å². The fourth-order valence-corrected chi connectivity index (χ4v) is 1.67. The van der Waals surface area contributed by atoms with Crippen molar-refractivity contribution in [3.05, 3.63) is 53.9 Å². The van der Waals surface area contributed by atoms with Gasteiger partial charge >= 0.3 is 0 Å². The molecule has 2 aromatic carbocycles. The third kappa shape index (κ3) is 1.09. The Morgan fingerprint density at radius 2 is 1.67 bits per heavy atom. The number of hydrogen-bond donors (Lipinski definition) is 0. The van der Waals surface area contributed by atoms with Crippen LogP contribution in [0.15, 0.2) is 36.4 Å². The summed E-state index contributed by atoms with van der Waals surface area (Å²) >= 11 is 6.02. The lowest BCUT2D eigenvalue weighted by atomic mass is 10.1. The summed E-state index contributed by atoms with van der Waals surface area (Å²) in [5.41, 5.74) is 0.984. The molecule has 0 N–H and O–H groups in total. The summed E-state index contributed by atoms with van der Waals surface area (Å²) in [4.78, 5) is 0. The minimum Gasteiger partial charge on any atom is -0.0837 e. The van der Waals surface area contributed by atoms with Crippen molar-refractivity contribution in [2.45, 2.75) is 0 Å². The summed E-state index contributed by atoms with van der Waals surface area (Å²) in [5, 5.41) is 2.98. The summed E-state index contributed by atoms with van der Waals surface area (Å²) in [7, 11) is 0. The number of halogens is 1. The minimum atomic E-state index is 0.776. The number of benzene rings is 2. The lowest BCUT2D eigenvalue weighted by molar-refractivity contribution is 1.67. The van der Waals surface area contributed by atoms with Crippen LogP contribution >= 0.6 is 11.6 Å². The molecule has 0 heterocycles. The monoisotopic (exact) mass is 175 g/mol. The van der Waals surface area contributed by atoms with E-state index in [4.69, 9.17) is 11.6 Å². The first-order valence-electron chi connectivity index (χ1n) is 3.78. The largest absolute Gasteiger partial charge is 0.0837 e. The van der Waals surface area contributed by atoms with Crippen molar-refractivity contribution in [1.82, 2.24) is 0 Å². The smallest absolute Gasteiger partial charge is 0.0487 e. The molecule has 0 aliphatic carbocycles. The molecule has 0 spiro atoms. The van der Waals surface area contributed by atoms with Crippen molar-refractivity contribution in [2.75, 3.05) is 0 Å². The van der Waals surface area contributed by atoms with Gasteiger partial charge in [-0.15, -0.1) is 0 Å². The maximum atomic E-state index is 6.02. The van der Waals surface area contributed by atoms with Crippen LogP contribution in [0.25, 0.3) is 10.8 Å². The average Bonchev–Trinajstić information content (AvgIpc) is 2.04. The molecule has 2 rings (SSSR count). The van der Waals surface area contributed by atoms with Crippen LogP contribution in [-0.2, 0) is 0 Å². The molecule has 0 aromatic heterocycles. The van der Waals surface area contributed by atoms with Crippen LogP contribution < -0.4 is 0 Å². The third-order valence-corrected chi connectivity index (χ3v) is 2.26. The van der Waals surface area contributed by atoms with Crippen molar-refractivity contribution in [3.63, 3.8) is 0 Å². The fraction of sp³-hybridized carbons (Fsp3) is 0. The van der Waals surface area contributed by atoms with Crippen molar-refractivity contribution in [2.24, 2.45) is 0 Å². The van der Waals surface area contributed by atoms with E-state index >= 15 is 0 Å². The van der Waals surface area contributed by atoms with Crippen LogP contribution in [0.3, 0.4) is 0 Å². The highest BCUT2D eigenvalue weighted by Crippen LogP contribution is 2.25. The van der Waals surface area contributed by atoms with Crippen molar-refractivity contribution < 1.29 is 0 Å². The zero-order valence-electron chi connectivity index (χ0n) is 6.55. The molecule has 0 unspecified atom stereocenters. The predicted molar refractivity (Wildman–Crippen MR) is 53.4 cm³/mol. The molecule has 59 valence electrons. The highest BCUT2D eigenvalue weighted by atomic mass is 35.5. The maximum Gasteiger partial charge on any atom is 0.0487 e. The van der Waals surface area contributed by atoms with Crippen LogP contribution in [0, 0.1) is 6.92 Å². The van der Waals surface area contributed by atoms with E-state index in [0.717, 1.165) is 21.4 Å². The van der Waals surface area contributed by atoms with Gasteiger partial charge in [-0.1, -0.05) is 41.9 Å². The van der Waals surface area contributed by atoms with Gasteiger partial charge in [0.2, 0.25) is 0 Å². The van der Waals surface area contributed by atoms with Crippen LogP contribution in [-0.4, -0.2) is 0 Å². The first kappa shape index (κ1) is 7.63. The SMILES string of the molecule is [CH2]c1cccc2cccc(Cl)c12. The Labute approximate surface area is 76.8 Å². The van der Waals surface area contributed by atoms with Crippen molar-refractivity contribution in [3.8, 4) is 0 Å². The second kappa shape index (κ2) is 2.80. The molecular weight excluding hydrogens is 168 g/mol. The van der Waals surface area contributed by atoms with E-state index in [1.807, 2.05) is 36.4 Å². The van der Waals surface area contributed by atoms with E-state index in [1.54, 1.807) is 0 Å². The first-order chi connectivity index (χ1) is 5.79.